The van der Waals surface area contributed by atoms with Crippen molar-refractivity contribution in [3.05, 3.63) is 35.0 Å². The molecule has 10 nitrogen and oxygen atoms in total. The van der Waals surface area contributed by atoms with Gasteiger partial charge in [-0.05, 0) is 5.57 Å². The first-order valence-electron chi connectivity index (χ1n) is 7.54. The van der Waals surface area contributed by atoms with E-state index in [1.54, 1.807) is 0 Å². The minimum absolute atomic E-state index is 0. The van der Waals surface area contributed by atoms with E-state index in [1.165, 1.54) is 30.3 Å². The van der Waals surface area contributed by atoms with Gasteiger partial charge in [0.1, 0.15) is 24.2 Å². The summed E-state index contributed by atoms with van der Waals surface area (Å²) < 4.78 is 0. The third kappa shape index (κ3) is 3.96. The molecule has 1 fully saturated rings. The average Bonchev–Trinajstić information content (AvgIpc) is 3.08. The zero-order valence-corrected chi connectivity index (χ0v) is 18.6. The number of nitrogen functional groups attached to an aromatic ring is 1. The van der Waals surface area contributed by atoms with Crippen LogP contribution in [-0.2, 0) is 19.2 Å². The van der Waals surface area contributed by atoms with Crippen molar-refractivity contribution < 1.29 is 53.9 Å². The molecule has 0 saturated carbocycles. The molecule has 1 saturated heterocycles. The summed E-state index contributed by atoms with van der Waals surface area (Å²) in [7, 11) is 1.27. The number of rotatable bonds is 6. The number of aliphatic carboxylic acids is 1. The van der Waals surface area contributed by atoms with Gasteiger partial charge in [-0.2, -0.15) is 0 Å². The van der Waals surface area contributed by atoms with Crippen molar-refractivity contribution >= 4 is 51.7 Å². The van der Waals surface area contributed by atoms with Crippen molar-refractivity contribution in [3.8, 4) is 0 Å². The molecule has 0 aliphatic carbocycles. The summed E-state index contributed by atoms with van der Waals surface area (Å²) >= 11 is 2.43. The van der Waals surface area contributed by atoms with Crippen LogP contribution in [0.4, 0.5) is 5.13 Å². The number of thioether (sulfide) groups is 1. The normalized spacial score (nSPS) is 21.2. The third-order valence-electron chi connectivity index (χ3n) is 3.89. The first-order valence-corrected chi connectivity index (χ1v) is 9.46. The Morgan fingerprint density at radius 1 is 1.57 bits per heavy atom. The van der Waals surface area contributed by atoms with Gasteiger partial charge in [0, 0.05) is 11.1 Å². The first kappa shape index (κ1) is 22.4. The zero-order valence-electron chi connectivity index (χ0n) is 15.0. The van der Waals surface area contributed by atoms with Crippen molar-refractivity contribution in [3.63, 3.8) is 0 Å². The molecule has 13 heteroatoms. The molecule has 3 rings (SSSR count). The van der Waals surface area contributed by atoms with Gasteiger partial charge in [0.25, 0.3) is 11.8 Å². The first-order chi connectivity index (χ1) is 12.9. The van der Waals surface area contributed by atoms with Crippen LogP contribution < -0.4 is 45.7 Å². The van der Waals surface area contributed by atoms with E-state index in [0.29, 0.717) is 11.3 Å². The van der Waals surface area contributed by atoms with Gasteiger partial charge in [0.2, 0.25) is 0 Å². The molecule has 0 aromatic carbocycles. The molecular weight excluding hydrogens is 417 g/mol. The van der Waals surface area contributed by atoms with Gasteiger partial charge in [-0.25, -0.2) is 4.98 Å². The summed E-state index contributed by atoms with van der Waals surface area (Å²) in [4.78, 5) is 46.2. The molecule has 2 amide bonds. The molecule has 2 aliphatic heterocycles. The van der Waals surface area contributed by atoms with Gasteiger partial charge in [-0.1, -0.05) is 17.8 Å². The van der Waals surface area contributed by atoms with Crippen molar-refractivity contribution in [2.24, 2.45) is 5.16 Å². The maximum atomic E-state index is 12.6. The predicted molar refractivity (Wildman–Crippen MR) is 97.3 cm³/mol. The molecule has 1 aromatic heterocycles. The molecule has 0 spiro atoms. The second kappa shape index (κ2) is 9.09. The number of thiazole rings is 1. The number of nitrogens with zero attached hydrogens (tertiary/aromatic N) is 3. The predicted octanol–water partition coefficient (Wildman–Crippen LogP) is -4.33. The average molecular weight is 431 g/mol. The molecule has 1 unspecified atom stereocenters. The van der Waals surface area contributed by atoms with Crippen LogP contribution in [0.1, 0.15) is 5.69 Å². The number of hydrogen-bond acceptors (Lipinski definition) is 10. The second-order valence-corrected chi connectivity index (χ2v) is 7.41. The van der Waals surface area contributed by atoms with Crippen LogP contribution in [0, 0.1) is 0 Å². The fourth-order valence-electron chi connectivity index (χ4n) is 2.69. The van der Waals surface area contributed by atoms with Crippen molar-refractivity contribution in [1.29, 1.82) is 0 Å². The molecule has 0 radical (unpaired) electrons. The minimum atomic E-state index is -1.46. The van der Waals surface area contributed by atoms with E-state index >= 15 is 0 Å². The summed E-state index contributed by atoms with van der Waals surface area (Å²) in [6.07, 6.45) is 1.38. The SMILES string of the molecule is C=CC1=C(C(=O)[O-])N2C(=O)C(NC(=O)C(=NOC)c3csc(N)n3)[C@@H]2SC1.[Na+]. The van der Waals surface area contributed by atoms with Gasteiger partial charge in [-0.3, -0.25) is 14.5 Å². The monoisotopic (exact) mass is 431 g/mol. The summed E-state index contributed by atoms with van der Waals surface area (Å²) in [6, 6.07) is -0.916. The number of carboxylic acids is 1. The number of amides is 2. The van der Waals surface area contributed by atoms with Crippen molar-refractivity contribution in [1.82, 2.24) is 15.2 Å². The number of aromatic nitrogens is 1. The topological polar surface area (TPSA) is 150 Å². The van der Waals surface area contributed by atoms with Gasteiger partial charge in [0.05, 0.1) is 11.7 Å². The molecule has 1 aromatic rings. The van der Waals surface area contributed by atoms with Crippen LogP contribution in [0.25, 0.3) is 0 Å². The Bertz CT molecular complexity index is 899. The Hall–Kier alpha value is -1.86. The van der Waals surface area contributed by atoms with Crippen molar-refractivity contribution in [2.45, 2.75) is 11.4 Å². The molecule has 28 heavy (non-hydrogen) atoms. The van der Waals surface area contributed by atoms with E-state index < -0.39 is 29.2 Å². The molecule has 3 N–H and O–H groups in total. The zero-order chi connectivity index (χ0) is 19.7. The van der Waals surface area contributed by atoms with E-state index in [4.69, 9.17) is 5.73 Å². The third-order valence-corrected chi connectivity index (χ3v) is 5.86. The minimum Gasteiger partial charge on any atom is -0.543 e. The van der Waals surface area contributed by atoms with E-state index in [9.17, 15) is 19.5 Å². The maximum Gasteiger partial charge on any atom is 1.00 e. The molecule has 2 aliphatic rings. The Balaban J connectivity index is 0.00000280. The summed E-state index contributed by atoms with van der Waals surface area (Å²) in [5, 5.41) is 18.8. The Morgan fingerprint density at radius 2 is 2.29 bits per heavy atom. The number of oxime groups is 1. The summed E-state index contributed by atoms with van der Waals surface area (Å²) in [5.74, 6) is -2.38. The molecule has 3 heterocycles. The molecule has 2 atom stereocenters. The van der Waals surface area contributed by atoms with E-state index in [-0.39, 0.29) is 51.8 Å². The Kier molecular flexibility index (Phi) is 7.28. The maximum absolute atomic E-state index is 12.6. The number of anilines is 1. The fraction of sp³-hybridized carbons (Fsp3) is 0.267. The van der Waals surface area contributed by atoms with Crippen LogP contribution in [-0.4, -0.2) is 57.7 Å². The van der Waals surface area contributed by atoms with E-state index in [2.05, 4.69) is 26.9 Å². The van der Waals surface area contributed by atoms with Gasteiger partial charge < -0.3 is 25.8 Å². The van der Waals surface area contributed by atoms with E-state index in [0.717, 1.165) is 16.2 Å². The van der Waals surface area contributed by atoms with Crippen molar-refractivity contribution in [2.75, 3.05) is 18.6 Å². The molecule has 0 bridgehead atoms. The second-order valence-electron chi connectivity index (χ2n) is 5.42. The van der Waals surface area contributed by atoms with Crippen LogP contribution >= 0.6 is 23.1 Å². The number of carboxylic acid groups (broad SMARTS) is 1. The van der Waals surface area contributed by atoms with Gasteiger partial charge in [-0.15, -0.1) is 23.1 Å². The quantitative estimate of drug-likeness (QED) is 0.199. The standard InChI is InChI=1S/C15H15N5O5S2.Na/c1-3-6-4-26-13-9(12(22)20(13)10(6)14(23)24)18-11(21)8(19-25-2)7-5-27-15(16)17-7;/h3,5,9,13H,1,4H2,2H3,(H2,16,17)(H,18,21)(H,23,24);/q;+1/p-1/t9?,13-;/m0./s1. The van der Waals surface area contributed by atoms with Crippen LogP contribution in [0.5, 0.6) is 0 Å². The number of fused-ring (bicyclic) bond motifs is 1. The molecule has 142 valence electrons. The van der Waals surface area contributed by atoms with Crippen LogP contribution in [0.2, 0.25) is 0 Å². The number of carbonyl (C=O) groups is 3. The number of nitrogens with one attached hydrogen (secondary N) is 1. The number of β-lactam (4-membered cyclic amide) rings is 1. The Morgan fingerprint density at radius 3 is 2.82 bits per heavy atom. The smallest absolute Gasteiger partial charge is 0.543 e. The summed E-state index contributed by atoms with van der Waals surface area (Å²) in [5.41, 5.74) is 5.82. The van der Waals surface area contributed by atoms with Gasteiger partial charge >= 0.3 is 29.6 Å². The number of carbonyl (C=O) groups excluding carboxylic acids is 3. The number of hydrogen-bond donors (Lipinski definition) is 2. The van der Waals surface area contributed by atoms with Crippen LogP contribution in [0.3, 0.4) is 0 Å². The summed E-state index contributed by atoms with van der Waals surface area (Å²) in [6.45, 7) is 3.56. The Labute approximate surface area is 190 Å². The fourth-order valence-corrected chi connectivity index (χ4v) is 4.58. The van der Waals surface area contributed by atoms with E-state index in [1.807, 2.05) is 0 Å². The van der Waals surface area contributed by atoms with Crippen LogP contribution in [0.15, 0.2) is 34.5 Å². The molecular formula is C15H14N5NaO5S2. The number of nitrogens with two attached hydrogens (primary N) is 1. The largest absolute Gasteiger partial charge is 1.00 e. The number of allylic oxidation sites excluding steroid dienone is 1. The van der Waals surface area contributed by atoms with Gasteiger partial charge in [0.15, 0.2) is 10.8 Å².